The van der Waals surface area contributed by atoms with Gasteiger partial charge in [-0.25, -0.2) is 9.97 Å². The fraction of sp³-hybridized carbons (Fsp3) is 0.0169. The highest BCUT2D eigenvalue weighted by atomic mass is 14.9. The van der Waals surface area contributed by atoms with Crippen LogP contribution in [0.4, 0.5) is 5.69 Å². The van der Waals surface area contributed by atoms with E-state index in [9.17, 15) is 0 Å². The van der Waals surface area contributed by atoms with Crippen molar-refractivity contribution in [3.63, 3.8) is 0 Å². The number of hydrogen-bond donors (Lipinski definition) is 1. The Bertz CT molecular complexity index is 3100. The summed E-state index contributed by atoms with van der Waals surface area (Å²) in [7, 11) is 0. The van der Waals surface area contributed by atoms with Crippen LogP contribution in [0.3, 0.4) is 0 Å². The summed E-state index contributed by atoms with van der Waals surface area (Å²) in [6, 6.07) is 81.9. The predicted octanol–water partition coefficient (Wildman–Crippen LogP) is 15.2. The van der Waals surface area contributed by atoms with Crippen molar-refractivity contribution < 1.29 is 0 Å². The van der Waals surface area contributed by atoms with Gasteiger partial charge in [-0.1, -0.05) is 212 Å². The van der Waals surface area contributed by atoms with Gasteiger partial charge >= 0.3 is 0 Å². The Kier molecular flexibility index (Phi) is 9.61. The largest absolute Gasteiger partial charge is 0.374 e. The lowest BCUT2D eigenvalue weighted by molar-refractivity contribution is 0.974. The first-order valence-corrected chi connectivity index (χ1v) is 21.2. The van der Waals surface area contributed by atoms with Crippen LogP contribution >= 0.6 is 0 Å². The normalized spacial score (nSPS) is 13.2. The second kappa shape index (κ2) is 16.1. The molecule has 0 saturated heterocycles. The van der Waals surface area contributed by atoms with Crippen molar-refractivity contribution in [2.24, 2.45) is 0 Å². The van der Waals surface area contributed by atoms with Crippen molar-refractivity contribution in [3.05, 3.63) is 253 Å². The molecule has 11 rings (SSSR count). The molecule has 292 valence electrons. The van der Waals surface area contributed by atoms with Crippen LogP contribution in [0.2, 0.25) is 0 Å². The number of rotatable bonds is 8. The summed E-state index contributed by atoms with van der Waals surface area (Å²) in [5.41, 5.74) is 17.9. The van der Waals surface area contributed by atoms with Crippen LogP contribution in [0.5, 0.6) is 0 Å². The Morgan fingerprint density at radius 3 is 1.32 bits per heavy atom. The summed E-state index contributed by atoms with van der Waals surface area (Å²) < 4.78 is 0. The van der Waals surface area contributed by atoms with E-state index >= 15 is 0 Å². The number of fused-ring (bicyclic) bond motifs is 3. The Balaban J connectivity index is 0.941. The quantitative estimate of drug-likeness (QED) is 0.167. The average Bonchev–Trinajstić information content (AvgIpc) is 3.37. The fourth-order valence-electron chi connectivity index (χ4n) is 8.69. The molecule has 2 heterocycles. The Morgan fingerprint density at radius 2 is 0.774 bits per heavy atom. The maximum absolute atomic E-state index is 5.19. The van der Waals surface area contributed by atoms with E-state index in [4.69, 9.17) is 9.97 Å². The summed E-state index contributed by atoms with van der Waals surface area (Å²) >= 11 is 0. The average molecular weight is 792 g/mol. The molecule has 1 aliphatic heterocycles. The molecule has 0 saturated carbocycles. The van der Waals surface area contributed by atoms with Crippen LogP contribution in [0.1, 0.15) is 22.7 Å². The van der Waals surface area contributed by atoms with Crippen molar-refractivity contribution in [3.8, 4) is 67.3 Å². The Morgan fingerprint density at radius 1 is 0.339 bits per heavy atom. The zero-order valence-corrected chi connectivity index (χ0v) is 34.0. The number of anilines is 1. The van der Waals surface area contributed by atoms with Gasteiger partial charge in [0.05, 0.1) is 17.4 Å². The molecule has 10 aromatic rings. The molecule has 62 heavy (non-hydrogen) atoms. The molecule has 3 heteroatoms. The number of benzene rings is 9. The van der Waals surface area contributed by atoms with Gasteiger partial charge < -0.3 is 5.32 Å². The molecular formula is C59H41N3. The zero-order chi connectivity index (χ0) is 41.2. The van der Waals surface area contributed by atoms with Crippen LogP contribution in [-0.4, -0.2) is 9.97 Å². The summed E-state index contributed by atoms with van der Waals surface area (Å²) in [4.78, 5) is 10.4. The predicted molar refractivity (Wildman–Crippen MR) is 258 cm³/mol. The van der Waals surface area contributed by atoms with E-state index in [2.05, 4.69) is 230 Å². The number of nitrogens with one attached hydrogen (secondary N) is 1. The lowest BCUT2D eigenvalue weighted by Crippen LogP contribution is -2.15. The molecule has 0 radical (unpaired) electrons. The van der Waals surface area contributed by atoms with Crippen molar-refractivity contribution >= 4 is 22.0 Å². The highest BCUT2D eigenvalue weighted by Gasteiger charge is 2.23. The Labute approximate surface area is 362 Å². The van der Waals surface area contributed by atoms with Crippen LogP contribution in [0.15, 0.2) is 237 Å². The lowest BCUT2D eigenvalue weighted by Gasteiger charge is -2.28. The Hall–Kier alpha value is -8.14. The van der Waals surface area contributed by atoms with Crippen LogP contribution in [0, 0.1) is 0 Å². The molecule has 3 nitrogen and oxygen atoms in total. The molecule has 9 aromatic carbocycles. The van der Waals surface area contributed by atoms with E-state index in [1.54, 1.807) is 0 Å². The molecule has 0 fully saturated rings. The van der Waals surface area contributed by atoms with E-state index in [-0.39, 0.29) is 6.04 Å². The van der Waals surface area contributed by atoms with E-state index in [0.29, 0.717) is 5.82 Å². The van der Waals surface area contributed by atoms with Crippen molar-refractivity contribution in [2.45, 2.75) is 6.04 Å². The molecule has 1 aliphatic rings. The number of nitrogens with zero attached hydrogens (tertiary/aromatic N) is 2. The summed E-state index contributed by atoms with van der Waals surface area (Å²) in [6.07, 6.45) is 2.38. The minimum Gasteiger partial charge on any atom is -0.374 e. The molecule has 0 spiro atoms. The maximum atomic E-state index is 5.19. The summed E-state index contributed by atoms with van der Waals surface area (Å²) in [5, 5.41) is 6.26. The van der Waals surface area contributed by atoms with E-state index in [0.717, 1.165) is 44.9 Å². The third kappa shape index (κ3) is 7.27. The highest BCUT2D eigenvalue weighted by molar-refractivity contribution is 6.05. The van der Waals surface area contributed by atoms with Gasteiger partial charge in [0, 0.05) is 27.9 Å². The monoisotopic (exact) mass is 791 g/mol. The number of aromatic nitrogens is 2. The first-order valence-electron chi connectivity index (χ1n) is 21.2. The number of hydrogen-bond acceptors (Lipinski definition) is 3. The van der Waals surface area contributed by atoms with Crippen molar-refractivity contribution in [1.82, 2.24) is 9.97 Å². The topological polar surface area (TPSA) is 37.8 Å². The molecule has 0 amide bonds. The standard InChI is InChI=1S/C59H41N3/c1-5-13-40(14-6-1)42-21-27-47(28-22-42)56-39-57(48-29-23-43(24-30-48)41-15-7-2-8-16-41)62-59(61-56)49-31-25-44(26-32-49)50-33-35-52-51(37-50)34-36-54-58(52)53(45-17-9-3-10-18-45)38-55(60-54)46-19-11-4-12-20-46/h1-39,55,60H. The van der Waals surface area contributed by atoms with Crippen LogP contribution < -0.4 is 5.32 Å². The van der Waals surface area contributed by atoms with E-state index in [1.165, 1.54) is 55.3 Å². The second-order valence-electron chi connectivity index (χ2n) is 15.8. The van der Waals surface area contributed by atoms with Gasteiger partial charge in [0.15, 0.2) is 5.82 Å². The third-order valence-corrected chi connectivity index (χ3v) is 12.0. The van der Waals surface area contributed by atoms with Crippen LogP contribution in [0.25, 0.3) is 83.6 Å². The molecule has 1 atom stereocenters. The molecule has 1 N–H and O–H groups in total. The van der Waals surface area contributed by atoms with Gasteiger partial charge in [0.2, 0.25) is 0 Å². The van der Waals surface area contributed by atoms with E-state index in [1.807, 2.05) is 12.1 Å². The maximum Gasteiger partial charge on any atom is 0.160 e. The fourth-order valence-corrected chi connectivity index (χ4v) is 8.69. The van der Waals surface area contributed by atoms with Gasteiger partial charge in [0.25, 0.3) is 0 Å². The molecule has 0 aliphatic carbocycles. The SMILES string of the molecule is C1=C(c2ccccc2)c2c(ccc3cc(-c4ccc(-c5nc(-c6ccc(-c7ccccc7)cc6)cc(-c6ccc(-c7ccccc7)cc6)n5)cc4)ccc23)NC1c1ccccc1. The molecule has 1 aromatic heterocycles. The second-order valence-corrected chi connectivity index (χ2v) is 15.8. The van der Waals surface area contributed by atoms with Crippen molar-refractivity contribution in [1.29, 1.82) is 0 Å². The molecule has 0 bridgehead atoms. The minimum absolute atomic E-state index is 0.0790. The van der Waals surface area contributed by atoms with Gasteiger partial charge in [0.1, 0.15) is 0 Å². The first kappa shape index (κ1) is 36.9. The summed E-state index contributed by atoms with van der Waals surface area (Å²) in [6.45, 7) is 0. The van der Waals surface area contributed by atoms with Crippen LogP contribution in [-0.2, 0) is 0 Å². The van der Waals surface area contributed by atoms with Gasteiger partial charge in [-0.05, 0) is 85.1 Å². The zero-order valence-electron chi connectivity index (χ0n) is 34.0. The molecule has 1 unspecified atom stereocenters. The van der Waals surface area contributed by atoms with Gasteiger partial charge in [-0.2, -0.15) is 0 Å². The van der Waals surface area contributed by atoms with Gasteiger partial charge in [-0.15, -0.1) is 0 Å². The first-order chi connectivity index (χ1) is 30.7. The highest BCUT2D eigenvalue weighted by Crippen LogP contribution is 2.43. The minimum atomic E-state index is 0.0790. The third-order valence-electron chi connectivity index (χ3n) is 12.0. The smallest absolute Gasteiger partial charge is 0.160 e. The lowest BCUT2D eigenvalue weighted by atomic mass is 9.85. The van der Waals surface area contributed by atoms with Gasteiger partial charge in [-0.3, -0.25) is 0 Å². The molecular weight excluding hydrogens is 751 g/mol. The summed E-state index contributed by atoms with van der Waals surface area (Å²) in [5.74, 6) is 0.690. The van der Waals surface area contributed by atoms with Crippen molar-refractivity contribution in [2.75, 3.05) is 5.32 Å². The van der Waals surface area contributed by atoms with E-state index < -0.39 is 0 Å².